The molecule has 0 fully saturated rings. The van der Waals surface area contributed by atoms with E-state index in [9.17, 15) is 0 Å². The molecule has 1 N–H and O–H groups in total. The number of thiazole rings is 1. The number of hydrogen-bond acceptors (Lipinski definition) is 5. The van der Waals surface area contributed by atoms with E-state index in [0.29, 0.717) is 19.0 Å². The van der Waals surface area contributed by atoms with E-state index in [2.05, 4.69) is 15.3 Å². The highest BCUT2D eigenvalue weighted by Gasteiger charge is 2.00. The first kappa shape index (κ1) is 11.9. The average molecular weight is 249 g/mol. The molecule has 0 aliphatic heterocycles. The van der Waals surface area contributed by atoms with Crippen molar-refractivity contribution in [2.75, 3.05) is 11.9 Å². The van der Waals surface area contributed by atoms with E-state index in [1.807, 2.05) is 37.4 Å². The Kier molecular flexibility index (Phi) is 3.93. The van der Waals surface area contributed by atoms with Gasteiger partial charge in [0.15, 0.2) is 0 Å². The zero-order valence-electron chi connectivity index (χ0n) is 9.93. The molecular weight excluding hydrogens is 234 g/mol. The number of anilines is 1. The Labute approximate surface area is 105 Å². The number of hydrogen-bond donors (Lipinski definition) is 1. The van der Waals surface area contributed by atoms with Gasteiger partial charge in [-0.05, 0) is 19.9 Å². The molecule has 5 heteroatoms. The van der Waals surface area contributed by atoms with Crippen molar-refractivity contribution in [1.29, 1.82) is 0 Å². The standard InChI is InChI=1S/C12H15N3OS/c1-3-16-11-6-4-5-10(15-11)13-7-12-14-9(2)8-17-12/h4-6,8H,3,7H2,1-2H3,(H,13,15). The van der Waals surface area contributed by atoms with Crippen molar-refractivity contribution in [2.45, 2.75) is 20.4 Å². The lowest BCUT2D eigenvalue weighted by Gasteiger charge is -2.06. The molecule has 2 rings (SSSR count). The van der Waals surface area contributed by atoms with Gasteiger partial charge in [0, 0.05) is 17.1 Å². The normalized spacial score (nSPS) is 10.2. The molecule has 0 saturated carbocycles. The van der Waals surface area contributed by atoms with Crippen molar-refractivity contribution in [3.05, 3.63) is 34.3 Å². The highest BCUT2D eigenvalue weighted by molar-refractivity contribution is 7.09. The fourth-order valence-electron chi connectivity index (χ4n) is 1.39. The Bertz CT molecular complexity index is 484. The van der Waals surface area contributed by atoms with Gasteiger partial charge in [0.2, 0.25) is 5.88 Å². The third-order valence-corrected chi connectivity index (χ3v) is 3.07. The van der Waals surface area contributed by atoms with Crippen molar-refractivity contribution in [3.8, 4) is 5.88 Å². The summed E-state index contributed by atoms with van der Waals surface area (Å²) in [5.74, 6) is 1.46. The van der Waals surface area contributed by atoms with Crippen molar-refractivity contribution in [1.82, 2.24) is 9.97 Å². The van der Waals surface area contributed by atoms with E-state index >= 15 is 0 Å². The molecule has 0 saturated heterocycles. The number of rotatable bonds is 5. The molecule has 2 aromatic rings. The van der Waals surface area contributed by atoms with Crippen LogP contribution >= 0.6 is 11.3 Å². The van der Waals surface area contributed by atoms with Gasteiger partial charge in [-0.2, -0.15) is 4.98 Å². The Morgan fingerprint density at radius 2 is 2.24 bits per heavy atom. The number of nitrogens with one attached hydrogen (secondary N) is 1. The van der Waals surface area contributed by atoms with Gasteiger partial charge >= 0.3 is 0 Å². The first-order valence-corrected chi connectivity index (χ1v) is 6.40. The molecule has 17 heavy (non-hydrogen) atoms. The van der Waals surface area contributed by atoms with E-state index in [4.69, 9.17) is 4.74 Å². The maximum absolute atomic E-state index is 5.34. The lowest BCUT2D eigenvalue weighted by atomic mass is 10.4. The van der Waals surface area contributed by atoms with Gasteiger partial charge in [-0.25, -0.2) is 4.98 Å². The minimum Gasteiger partial charge on any atom is -0.478 e. The van der Waals surface area contributed by atoms with Crippen LogP contribution in [0.5, 0.6) is 5.88 Å². The quantitative estimate of drug-likeness (QED) is 0.885. The third-order valence-electron chi connectivity index (χ3n) is 2.10. The summed E-state index contributed by atoms with van der Waals surface area (Å²) < 4.78 is 5.34. The molecule has 0 aromatic carbocycles. The molecule has 0 amide bonds. The Morgan fingerprint density at radius 3 is 2.94 bits per heavy atom. The summed E-state index contributed by atoms with van der Waals surface area (Å²) in [6.45, 7) is 5.26. The van der Waals surface area contributed by atoms with Crippen molar-refractivity contribution in [2.24, 2.45) is 0 Å². The second kappa shape index (κ2) is 5.63. The minimum atomic E-state index is 0.627. The van der Waals surface area contributed by atoms with Gasteiger partial charge in [0.05, 0.1) is 13.2 Å². The molecule has 2 heterocycles. The summed E-state index contributed by atoms with van der Waals surface area (Å²) >= 11 is 1.65. The van der Waals surface area contributed by atoms with Gasteiger partial charge in [-0.15, -0.1) is 11.3 Å². The summed E-state index contributed by atoms with van der Waals surface area (Å²) in [5.41, 5.74) is 1.06. The van der Waals surface area contributed by atoms with Crippen molar-refractivity contribution < 1.29 is 4.74 Å². The van der Waals surface area contributed by atoms with Crippen LogP contribution in [0, 0.1) is 6.92 Å². The van der Waals surface area contributed by atoms with Crippen LogP contribution in [0.25, 0.3) is 0 Å². The molecule has 0 bridgehead atoms. The summed E-state index contributed by atoms with van der Waals surface area (Å²) in [6.07, 6.45) is 0. The SMILES string of the molecule is CCOc1cccc(NCc2nc(C)cs2)n1. The predicted molar refractivity (Wildman–Crippen MR) is 69.6 cm³/mol. The van der Waals surface area contributed by atoms with Gasteiger partial charge in [0.25, 0.3) is 0 Å². The van der Waals surface area contributed by atoms with Gasteiger partial charge < -0.3 is 10.1 Å². The summed E-state index contributed by atoms with van der Waals surface area (Å²) in [5, 5.41) is 6.33. The molecule has 4 nitrogen and oxygen atoms in total. The van der Waals surface area contributed by atoms with E-state index in [1.54, 1.807) is 11.3 Å². The smallest absolute Gasteiger partial charge is 0.215 e. The highest BCUT2D eigenvalue weighted by Crippen LogP contribution is 2.14. The number of nitrogens with zero attached hydrogens (tertiary/aromatic N) is 2. The van der Waals surface area contributed by atoms with Crippen LogP contribution in [0.2, 0.25) is 0 Å². The zero-order valence-corrected chi connectivity index (χ0v) is 10.8. The van der Waals surface area contributed by atoms with E-state index in [1.165, 1.54) is 0 Å². The van der Waals surface area contributed by atoms with Crippen LogP contribution in [-0.4, -0.2) is 16.6 Å². The summed E-state index contributed by atoms with van der Waals surface area (Å²) in [7, 11) is 0. The van der Waals surface area contributed by atoms with Gasteiger partial charge in [-0.1, -0.05) is 6.07 Å². The van der Waals surface area contributed by atoms with Crippen LogP contribution < -0.4 is 10.1 Å². The Hall–Kier alpha value is -1.62. The minimum absolute atomic E-state index is 0.627. The highest BCUT2D eigenvalue weighted by atomic mass is 32.1. The van der Waals surface area contributed by atoms with Crippen LogP contribution in [0.1, 0.15) is 17.6 Å². The summed E-state index contributed by atoms with van der Waals surface area (Å²) in [4.78, 5) is 8.71. The number of aryl methyl sites for hydroxylation is 1. The lowest BCUT2D eigenvalue weighted by Crippen LogP contribution is -2.02. The van der Waals surface area contributed by atoms with Crippen molar-refractivity contribution in [3.63, 3.8) is 0 Å². The number of aromatic nitrogens is 2. The average Bonchev–Trinajstić information content (AvgIpc) is 2.74. The van der Waals surface area contributed by atoms with E-state index in [-0.39, 0.29) is 0 Å². The van der Waals surface area contributed by atoms with Crippen LogP contribution in [-0.2, 0) is 6.54 Å². The molecule has 0 aliphatic rings. The summed E-state index contributed by atoms with van der Waals surface area (Å²) in [6, 6.07) is 5.69. The first-order valence-electron chi connectivity index (χ1n) is 5.52. The third kappa shape index (κ3) is 3.42. The lowest BCUT2D eigenvalue weighted by molar-refractivity contribution is 0.327. The molecule has 0 spiro atoms. The molecule has 0 aliphatic carbocycles. The second-order valence-electron chi connectivity index (χ2n) is 3.53. The zero-order chi connectivity index (χ0) is 12.1. The largest absolute Gasteiger partial charge is 0.478 e. The Balaban J connectivity index is 1.96. The molecule has 0 unspecified atom stereocenters. The molecule has 90 valence electrons. The van der Waals surface area contributed by atoms with Crippen LogP contribution in [0.3, 0.4) is 0 Å². The molecule has 2 aromatic heterocycles. The Morgan fingerprint density at radius 1 is 1.35 bits per heavy atom. The predicted octanol–water partition coefficient (Wildman–Crippen LogP) is 2.86. The van der Waals surface area contributed by atoms with Crippen LogP contribution in [0.4, 0.5) is 5.82 Å². The number of ether oxygens (including phenoxy) is 1. The topological polar surface area (TPSA) is 47.0 Å². The fourth-order valence-corrected chi connectivity index (χ4v) is 2.10. The first-order chi connectivity index (χ1) is 8.28. The monoisotopic (exact) mass is 249 g/mol. The van der Waals surface area contributed by atoms with Gasteiger partial charge in [-0.3, -0.25) is 0 Å². The molecular formula is C12H15N3OS. The molecule has 0 radical (unpaired) electrons. The number of pyridine rings is 1. The van der Waals surface area contributed by atoms with E-state index < -0.39 is 0 Å². The maximum Gasteiger partial charge on any atom is 0.215 e. The van der Waals surface area contributed by atoms with E-state index in [0.717, 1.165) is 16.5 Å². The maximum atomic E-state index is 5.34. The van der Waals surface area contributed by atoms with Crippen LogP contribution in [0.15, 0.2) is 23.6 Å². The molecule has 0 atom stereocenters. The second-order valence-corrected chi connectivity index (χ2v) is 4.47. The fraction of sp³-hybridized carbons (Fsp3) is 0.333. The van der Waals surface area contributed by atoms with Crippen molar-refractivity contribution >= 4 is 17.2 Å². The van der Waals surface area contributed by atoms with Gasteiger partial charge in [0.1, 0.15) is 10.8 Å².